The van der Waals surface area contributed by atoms with E-state index in [9.17, 15) is 4.39 Å². The Kier molecular flexibility index (Phi) is 7.20. The molecule has 0 saturated carbocycles. The summed E-state index contributed by atoms with van der Waals surface area (Å²) < 4.78 is 19.9. The molecule has 0 aliphatic carbocycles. The topological polar surface area (TPSA) is 33.3 Å². The molecule has 0 spiro atoms. The molecular formula is C19H22BrFN2OS. The van der Waals surface area contributed by atoms with Gasteiger partial charge in [-0.05, 0) is 60.5 Å². The molecule has 2 N–H and O–H groups in total. The number of hydrogen-bond acceptors (Lipinski definition) is 2. The number of anilines is 1. The number of ether oxygens (including phenoxy) is 1. The fourth-order valence-corrected chi connectivity index (χ4v) is 3.08. The van der Waals surface area contributed by atoms with Gasteiger partial charge in [-0.3, -0.25) is 0 Å². The summed E-state index contributed by atoms with van der Waals surface area (Å²) in [5, 5.41) is 6.62. The van der Waals surface area contributed by atoms with E-state index in [1.54, 1.807) is 19.2 Å². The van der Waals surface area contributed by atoms with Gasteiger partial charge >= 0.3 is 0 Å². The first-order chi connectivity index (χ1) is 11.9. The molecule has 0 aliphatic rings. The first-order valence-electron chi connectivity index (χ1n) is 8.05. The van der Waals surface area contributed by atoms with Gasteiger partial charge in [-0.15, -0.1) is 0 Å². The van der Waals surface area contributed by atoms with Gasteiger partial charge in [0.15, 0.2) is 5.11 Å². The van der Waals surface area contributed by atoms with Crippen LogP contribution < -0.4 is 15.4 Å². The Bertz CT molecular complexity index is 722. The Balaban J connectivity index is 2.11. The van der Waals surface area contributed by atoms with E-state index in [0.29, 0.717) is 21.2 Å². The van der Waals surface area contributed by atoms with Gasteiger partial charge in [0.05, 0.1) is 18.8 Å². The highest BCUT2D eigenvalue weighted by atomic mass is 79.9. The van der Waals surface area contributed by atoms with Crippen LogP contribution in [0.3, 0.4) is 0 Å². The SMILES string of the molecule is COc1ccc(C(CC(C)C)NC(=S)Nc2ccc(Br)cc2F)cc1. The van der Waals surface area contributed by atoms with Crippen molar-refractivity contribution in [2.45, 2.75) is 26.3 Å². The zero-order chi connectivity index (χ0) is 18.4. The fourth-order valence-electron chi connectivity index (χ4n) is 2.49. The molecule has 0 heterocycles. The van der Waals surface area contributed by atoms with Gasteiger partial charge in [0.25, 0.3) is 0 Å². The second-order valence-electron chi connectivity index (χ2n) is 6.18. The molecule has 25 heavy (non-hydrogen) atoms. The standard InChI is InChI=1S/C19H22BrFN2OS/c1-12(2)10-18(13-4-7-15(24-3)8-5-13)23-19(25)22-17-9-6-14(20)11-16(17)21/h4-9,11-12,18H,10H2,1-3H3,(H2,22,23,25). The molecule has 0 radical (unpaired) electrons. The maximum atomic E-state index is 14.0. The first kappa shape index (κ1) is 19.7. The van der Waals surface area contributed by atoms with E-state index in [0.717, 1.165) is 17.7 Å². The highest BCUT2D eigenvalue weighted by Gasteiger charge is 2.15. The number of nitrogens with one attached hydrogen (secondary N) is 2. The first-order valence-corrected chi connectivity index (χ1v) is 9.25. The molecule has 0 bridgehead atoms. The van der Waals surface area contributed by atoms with Crippen molar-refractivity contribution in [3.63, 3.8) is 0 Å². The van der Waals surface area contributed by atoms with Crippen LogP contribution in [0.15, 0.2) is 46.9 Å². The van der Waals surface area contributed by atoms with Crippen LogP contribution in [0.5, 0.6) is 5.75 Å². The van der Waals surface area contributed by atoms with Crippen molar-refractivity contribution in [1.29, 1.82) is 0 Å². The van der Waals surface area contributed by atoms with Crippen molar-refractivity contribution in [2.75, 3.05) is 12.4 Å². The molecule has 2 aromatic rings. The van der Waals surface area contributed by atoms with E-state index in [1.165, 1.54) is 6.07 Å². The van der Waals surface area contributed by atoms with Crippen molar-refractivity contribution in [3.8, 4) is 5.75 Å². The average molecular weight is 425 g/mol. The van der Waals surface area contributed by atoms with Crippen LogP contribution in [-0.2, 0) is 0 Å². The zero-order valence-electron chi connectivity index (χ0n) is 14.5. The lowest BCUT2D eigenvalue weighted by Gasteiger charge is -2.23. The van der Waals surface area contributed by atoms with Crippen molar-refractivity contribution in [3.05, 3.63) is 58.3 Å². The summed E-state index contributed by atoms with van der Waals surface area (Å²) in [5.41, 5.74) is 1.45. The Morgan fingerprint density at radius 3 is 2.44 bits per heavy atom. The monoisotopic (exact) mass is 424 g/mol. The van der Waals surface area contributed by atoms with Crippen LogP contribution >= 0.6 is 28.1 Å². The second kappa shape index (κ2) is 9.15. The summed E-state index contributed by atoms with van der Waals surface area (Å²) in [5.74, 6) is 0.930. The number of benzene rings is 2. The molecule has 2 aromatic carbocycles. The number of thiocarbonyl (C=S) groups is 1. The summed E-state index contributed by atoms with van der Waals surface area (Å²) in [4.78, 5) is 0. The smallest absolute Gasteiger partial charge is 0.171 e. The minimum Gasteiger partial charge on any atom is -0.497 e. The van der Waals surface area contributed by atoms with Crippen LogP contribution in [0.2, 0.25) is 0 Å². The predicted molar refractivity (Wildman–Crippen MR) is 109 cm³/mol. The van der Waals surface area contributed by atoms with Crippen LogP contribution in [0, 0.1) is 11.7 Å². The third-order valence-corrected chi connectivity index (χ3v) is 4.42. The Labute approximate surface area is 162 Å². The van der Waals surface area contributed by atoms with Crippen molar-refractivity contribution < 1.29 is 9.13 Å². The lowest BCUT2D eigenvalue weighted by Crippen LogP contribution is -2.33. The molecule has 0 aliphatic heterocycles. The summed E-state index contributed by atoms with van der Waals surface area (Å²) >= 11 is 8.63. The highest BCUT2D eigenvalue weighted by molar-refractivity contribution is 9.10. The molecule has 134 valence electrons. The van der Waals surface area contributed by atoms with Crippen LogP contribution in [0.4, 0.5) is 10.1 Å². The molecule has 0 amide bonds. The molecule has 3 nitrogen and oxygen atoms in total. The van der Waals surface area contributed by atoms with E-state index >= 15 is 0 Å². The molecule has 0 saturated heterocycles. The largest absolute Gasteiger partial charge is 0.497 e. The quantitative estimate of drug-likeness (QED) is 0.585. The van der Waals surface area contributed by atoms with Gasteiger partial charge < -0.3 is 15.4 Å². The number of hydrogen-bond donors (Lipinski definition) is 2. The molecule has 0 fully saturated rings. The second-order valence-corrected chi connectivity index (χ2v) is 7.50. The lowest BCUT2D eigenvalue weighted by atomic mass is 9.97. The fraction of sp³-hybridized carbons (Fsp3) is 0.316. The Hall–Kier alpha value is -1.66. The maximum absolute atomic E-state index is 14.0. The summed E-state index contributed by atoms with van der Waals surface area (Å²) in [6, 6.07) is 12.7. The predicted octanol–water partition coefficient (Wildman–Crippen LogP) is 5.67. The number of halogens is 2. The minimum absolute atomic E-state index is 0.0319. The Morgan fingerprint density at radius 2 is 1.88 bits per heavy atom. The molecule has 1 unspecified atom stereocenters. The van der Waals surface area contributed by atoms with Gasteiger partial charge in [-0.25, -0.2) is 4.39 Å². The van der Waals surface area contributed by atoms with E-state index in [4.69, 9.17) is 17.0 Å². The zero-order valence-corrected chi connectivity index (χ0v) is 16.9. The van der Waals surface area contributed by atoms with Gasteiger partial charge in [0, 0.05) is 4.47 Å². The normalized spacial score (nSPS) is 11.9. The molecule has 2 rings (SSSR count). The minimum atomic E-state index is -0.358. The van der Waals surface area contributed by atoms with E-state index < -0.39 is 0 Å². The highest BCUT2D eigenvalue weighted by Crippen LogP contribution is 2.24. The lowest BCUT2D eigenvalue weighted by molar-refractivity contribution is 0.414. The molecule has 0 aromatic heterocycles. The summed E-state index contributed by atoms with van der Waals surface area (Å²) in [6.07, 6.45) is 0.900. The van der Waals surface area contributed by atoms with E-state index in [-0.39, 0.29) is 11.9 Å². The van der Waals surface area contributed by atoms with Gasteiger partial charge in [-0.1, -0.05) is 41.9 Å². The average Bonchev–Trinajstić information content (AvgIpc) is 2.56. The van der Waals surface area contributed by atoms with Crippen LogP contribution in [-0.4, -0.2) is 12.2 Å². The molecular weight excluding hydrogens is 403 g/mol. The van der Waals surface area contributed by atoms with Crippen molar-refractivity contribution in [1.82, 2.24) is 5.32 Å². The van der Waals surface area contributed by atoms with Crippen molar-refractivity contribution in [2.24, 2.45) is 5.92 Å². The molecule has 6 heteroatoms. The van der Waals surface area contributed by atoms with E-state index in [2.05, 4.69) is 40.4 Å². The number of rotatable bonds is 6. The third kappa shape index (κ3) is 5.97. The van der Waals surface area contributed by atoms with Crippen LogP contribution in [0.1, 0.15) is 31.9 Å². The van der Waals surface area contributed by atoms with Gasteiger partial charge in [-0.2, -0.15) is 0 Å². The van der Waals surface area contributed by atoms with Gasteiger partial charge in [0.2, 0.25) is 0 Å². The summed E-state index contributed by atoms with van der Waals surface area (Å²) in [7, 11) is 1.64. The van der Waals surface area contributed by atoms with Crippen LogP contribution in [0.25, 0.3) is 0 Å². The summed E-state index contributed by atoms with van der Waals surface area (Å²) in [6.45, 7) is 4.31. The molecule has 1 atom stereocenters. The maximum Gasteiger partial charge on any atom is 0.171 e. The number of methoxy groups -OCH3 is 1. The van der Waals surface area contributed by atoms with E-state index in [1.807, 2.05) is 24.3 Å². The van der Waals surface area contributed by atoms with Crippen molar-refractivity contribution >= 4 is 38.9 Å². The Morgan fingerprint density at radius 1 is 1.20 bits per heavy atom. The third-order valence-electron chi connectivity index (χ3n) is 3.71. The van der Waals surface area contributed by atoms with Gasteiger partial charge in [0.1, 0.15) is 11.6 Å².